The third-order valence-corrected chi connectivity index (χ3v) is 3.08. The molecule has 4 heteroatoms. The first-order valence-corrected chi connectivity index (χ1v) is 6.17. The predicted molar refractivity (Wildman–Crippen MR) is 68.1 cm³/mol. The number of benzene rings is 1. The molecule has 0 aromatic heterocycles. The number of nitrogens with zero attached hydrogens (tertiary/aromatic N) is 1. The first-order chi connectivity index (χ1) is 8.33. The molecule has 2 rings (SSSR count). The van der Waals surface area contributed by atoms with Gasteiger partial charge in [0.05, 0.1) is 12.7 Å². The molecule has 1 aromatic rings. The van der Waals surface area contributed by atoms with Crippen LogP contribution in [0.2, 0.25) is 0 Å². The van der Waals surface area contributed by atoms with Gasteiger partial charge in [-0.25, -0.2) is 5.90 Å². The van der Waals surface area contributed by atoms with Crippen molar-refractivity contribution in [1.29, 1.82) is 0 Å². The van der Waals surface area contributed by atoms with Gasteiger partial charge in [-0.1, -0.05) is 0 Å². The quantitative estimate of drug-likeness (QED) is 0.812. The largest absolute Gasteiger partial charge is 0.494 e. The molecule has 1 aliphatic heterocycles. The highest BCUT2D eigenvalue weighted by molar-refractivity contribution is 5.49. The molecule has 0 bridgehead atoms. The van der Waals surface area contributed by atoms with Crippen molar-refractivity contribution in [3.05, 3.63) is 24.3 Å². The number of nitrogens with two attached hydrogens (primary N) is 1. The molecule has 2 N–H and O–H groups in total. The molecular formula is C13H20N2O2. The van der Waals surface area contributed by atoms with Crippen LogP contribution in [-0.2, 0) is 4.84 Å². The molecule has 0 saturated carbocycles. The van der Waals surface area contributed by atoms with Gasteiger partial charge in [-0.05, 0) is 44.0 Å². The molecule has 1 aromatic carbocycles. The Morgan fingerprint density at radius 1 is 1.35 bits per heavy atom. The van der Waals surface area contributed by atoms with E-state index >= 15 is 0 Å². The van der Waals surface area contributed by atoms with Crippen LogP contribution < -0.4 is 15.5 Å². The van der Waals surface area contributed by atoms with E-state index in [-0.39, 0.29) is 6.10 Å². The van der Waals surface area contributed by atoms with Gasteiger partial charge in [0.1, 0.15) is 5.75 Å². The number of ether oxygens (including phenoxy) is 1. The number of hydrogen-bond acceptors (Lipinski definition) is 4. The van der Waals surface area contributed by atoms with E-state index in [4.69, 9.17) is 15.5 Å². The number of piperidine rings is 1. The molecule has 4 nitrogen and oxygen atoms in total. The normalized spacial score (nSPS) is 20.4. The van der Waals surface area contributed by atoms with E-state index < -0.39 is 0 Å². The maximum atomic E-state index is 5.43. The van der Waals surface area contributed by atoms with Crippen molar-refractivity contribution in [3.63, 3.8) is 0 Å². The minimum absolute atomic E-state index is 0.148. The predicted octanol–water partition coefficient (Wildman–Crippen LogP) is 1.94. The minimum Gasteiger partial charge on any atom is -0.494 e. The van der Waals surface area contributed by atoms with Gasteiger partial charge in [0, 0.05) is 18.8 Å². The summed E-state index contributed by atoms with van der Waals surface area (Å²) in [4.78, 5) is 7.24. The molecule has 1 saturated heterocycles. The van der Waals surface area contributed by atoms with Gasteiger partial charge in [0.25, 0.3) is 0 Å². The zero-order valence-electron chi connectivity index (χ0n) is 10.3. The highest BCUT2D eigenvalue weighted by Crippen LogP contribution is 2.23. The van der Waals surface area contributed by atoms with Crippen molar-refractivity contribution in [2.24, 2.45) is 5.90 Å². The minimum atomic E-state index is 0.148. The summed E-state index contributed by atoms with van der Waals surface area (Å²) in [5.41, 5.74) is 1.20. The fourth-order valence-corrected chi connectivity index (χ4v) is 2.20. The van der Waals surface area contributed by atoms with Crippen LogP contribution in [-0.4, -0.2) is 25.8 Å². The van der Waals surface area contributed by atoms with Crippen LogP contribution in [0.4, 0.5) is 5.69 Å². The van der Waals surface area contributed by atoms with E-state index in [0.29, 0.717) is 6.61 Å². The molecule has 0 amide bonds. The highest BCUT2D eigenvalue weighted by atomic mass is 16.6. The fourth-order valence-electron chi connectivity index (χ4n) is 2.20. The second-order valence-corrected chi connectivity index (χ2v) is 4.27. The summed E-state index contributed by atoms with van der Waals surface area (Å²) in [6.45, 7) is 4.62. The van der Waals surface area contributed by atoms with Gasteiger partial charge in [-0.15, -0.1) is 0 Å². The van der Waals surface area contributed by atoms with Crippen molar-refractivity contribution < 1.29 is 9.57 Å². The Bertz CT molecular complexity index is 340. The van der Waals surface area contributed by atoms with Crippen molar-refractivity contribution >= 4 is 5.69 Å². The lowest BCUT2D eigenvalue weighted by Crippen LogP contribution is -2.40. The van der Waals surface area contributed by atoms with E-state index in [0.717, 1.165) is 31.7 Å². The first kappa shape index (κ1) is 12.2. The van der Waals surface area contributed by atoms with Crippen LogP contribution in [0.15, 0.2) is 24.3 Å². The van der Waals surface area contributed by atoms with Crippen molar-refractivity contribution in [2.75, 3.05) is 24.6 Å². The SMILES string of the molecule is CCOc1ccc(N2CCCC(ON)C2)cc1. The standard InChI is InChI=1S/C13H20N2O2/c1-2-16-12-7-5-11(6-8-12)15-9-3-4-13(10-15)17-14/h5-8,13H,2-4,9-10,14H2,1H3. The summed E-state index contributed by atoms with van der Waals surface area (Å²) in [5.74, 6) is 6.18. The monoisotopic (exact) mass is 236 g/mol. The van der Waals surface area contributed by atoms with Crippen LogP contribution in [0.3, 0.4) is 0 Å². The number of rotatable bonds is 4. The van der Waals surface area contributed by atoms with Crippen LogP contribution in [0, 0.1) is 0 Å². The molecule has 0 aliphatic carbocycles. The lowest BCUT2D eigenvalue weighted by molar-refractivity contribution is 0.0435. The van der Waals surface area contributed by atoms with Crippen molar-refractivity contribution in [3.8, 4) is 5.75 Å². The fraction of sp³-hybridized carbons (Fsp3) is 0.538. The summed E-state index contributed by atoms with van der Waals surface area (Å²) < 4.78 is 5.43. The molecule has 1 atom stereocenters. The van der Waals surface area contributed by atoms with E-state index in [1.54, 1.807) is 0 Å². The summed E-state index contributed by atoms with van der Waals surface area (Å²) in [5, 5.41) is 0. The Morgan fingerprint density at radius 2 is 2.12 bits per heavy atom. The van der Waals surface area contributed by atoms with E-state index in [1.165, 1.54) is 5.69 Å². The Labute approximate surface area is 102 Å². The van der Waals surface area contributed by atoms with Crippen LogP contribution in [0.25, 0.3) is 0 Å². The average molecular weight is 236 g/mol. The summed E-state index contributed by atoms with van der Waals surface area (Å²) in [6, 6.07) is 8.19. The summed E-state index contributed by atoms with van der Waals surface area (Å²) in [7, 11) is 0. The highest BCUT2D eigenvalue weighted by Gasteiger charge is 2.20. The van der Waals surface area contributed by atoms with Crippen LogP contribution >= 0.6 is 0 Å². The lowest BCUT2D eigenvalue weighted by atomic mass is 10.1. The van der Waals surface area contributed by atoms with E-state index in [9.17, 15) is 0 Å². The Balaban J connectivity index is 2.01. The molecule has 17 heavy (non-hydrogen) atoms. The Hall–Kier alpha value is -1.26. The smallest absolute Gasteiger partial charge is 0.119 e. The molecule has 1 fully saturated rings. The summed E-state index contributed by atoms with van der Waals surface area (Å²) in [6.07, 6.45) is 2.31. The molecule has 1 aliphatic rings. The second-order valence-electron chi connectivity index (χ2n) is 4.27. The van der Waals surface area contributed by atoms with E-state index in [1.807, 2.05) is 19.1 Å². The van der Waals surface area contributed by atoms with E-state index in [2.05, 4.69) is 17.0 Å². The van der Waals surface area contributed by atoms with Gasteiger partial charge in [0.15, 0.2) is 0 Å². The van der Waals surface area contributed by atoms with Gasteiger partial charge in [-0.2, -0.15) is 0 Å². The first-order valence-electron chi connectivity index (χ1n) is 6.17. The topological polar surface area (TPSA) is 47.7 Å². The van der Waals surface area contributed by atoms with Gasteiger partial charge in [0.2, 0.25) is 0 Å². The maximum absolute atomic E-state index is 5.43. The average Bonchev–Trinajstić information content (AvgIpc) is 2.40. The molecular weight excluding hydrogens is 216 g/mol. The Kier molecular flexibility index (Phi) is 4.23. The van der Waals surface area contributed by atoms with Crippen LogP contribution in [0.1, 0.15) is 19.8 Å². The van der Waals surface area contributed by atoms with Gasteiger partial charge < -0.3 is 9.64 Å². The second kappa shape index (κ2) is 5.89. The van der Waals surface area contributed by atoms with Gasteiger partial charge >= 0.3 is 0 Å². The van der Waals surface area contributed by atoms with Crippen LogP contribution in [0.5, 0.6) is 5.75 Å². The third-order valence-electron chi connectivity index (χ3n) is 3.08. The van der Waals surface area contributed by atoms with Gasteiger partial charge in [-0.3, -0.25) is 4.84 Å². The molecule has 0 radical (unpaired) electrons. The molecule has 1 unspecified atom stereocenters. The maximum Gasteiger partial charge on any atom is 0.119 e. The zero-order valence-corrected chi connectivity index (χ0v) is 10.3. The van der Waals surface area contributed by atoms with Crippen molar-refractivity contribution in [2.45, 2.75) is 25.9 Å². The zero-order chi connectivity index (χ0) is 12.1. The molecule has 0 spiro atoms. The lowest BCUT2D eigenvalue weighted by Gasteiger charge is -2.33. The molecule has 1 heterocycles. The number of hydrogen-bond donors (Lipinski definition) is 1. The van der Waals surface area contributed by atoms with Crippen molar-refractivity contribution in [1.82, 2.24) is 0 Å². The molecule has 94 valence electrons. The summed E-state index contributed by atoms with van der Waals surface area (Å²) >= 11 is 0. The number of anilines is 1. The third kappa shape index (κ3) is 3.11. The Morgan fingerprint density at radius 3 is 2.76 bits per heavy atom.